The molecule has 9 nitrogen and oxygen atoms in total. The number of hydrogen-bond donors (Lipinski definition) is 1. The van der Waals surface area contributed by atoms with Gasteiger partial charge in [0.25, 0.3) is 0 Å². The monoisotopic (exact) mass is 427 g/mol. The van der Waals surface area contributed by atoms with Crippen molar-refractivity contribution in [2.24, 2.45) is 14.1 Å². The minimum atomic E-state index is -0.0943. The third kappa shape index (κ3) is 3.51. The molecule has 1 N–H and O–H groups in total. The lowest BCUT2D eigenvalue weighted by Gasteiger charge is -2.13. The normalized spacial score (nSPS) is 11.9. The molecule has 0 radical (unpaired) electrons. The van der Waals surface area contributed by atoms with Gasteiger partial charge < -0.3 is 5.32 Å². The van der Waals surface area contributed by atoms with Crippen LogP contribution in [-0.4, -0.2) is 39.5 Å². The number of benzene rings is 1. The number of pyridine rings is 1. The fourth-order valence-corrected chi connectivity index (χ4v) is 3.52. The highest BCUT2D eigenvalue weighted by molar-refractivity contribution is 5.86. The largest absolute Gasteiger partial charge is 0.325 e. The molecule has 0 aliphatic heterocycles. The predicted octanol–water partition coefficient (Wildman–Crippen LogP) is 3.99. The Morgan fingerprint density at radius 2 is 1.66 bits per heavy atom. The molecule has 0 fully saturated rings. The SMILES string of the molecule is Cn1nc(-c2ccccc2)cc1Nc1cc(-n2ncc(C(C)(C)C)n2)c2cnn(C)c2n1. The molecule has 0 aliphatic rings. The Morgan fingerprint density at radius 1 is 0.875 bits per heavy atom. The molecular weight excluding hydrogens is 402 g/mol. The highest BCUT2D eigenvalue weighted by Crippen LogP contribution is 2.28. The van der Waals surface area contributed by atoms with Crippen molar-refractivity contribution in [2.75, 3.05) is 5.32 Å². The van der Waals surface area contributed by atoms with Crippen molar-refractivity contribution in [1.29, 1.82) is 0 Å². The zero-order valence-electron chi connectivity index (χ0n) is 18.8. The van der Waals surface area contributed by atoms with Crippen LogP contribution in [0.2, 0.25) is 0 Å². The molecule has 0 spiro atoms. The van der Waals surface area contributed by atoms with Crippen LogP contribution in [0.1, 0.15) is 26.5 Å². The van der Waals surface area contributed by atoms with E-state index < -0.39 is 0 Å². The maximum absolute atomic E-state index is 4.77. The topological polar surface area (TPSA) is 91.3 Å². The van der Waals surface area contributed by atoms with Crippen molar-refractivity contribution in [2.45, 2.75) is 26.2 Å². The van der Waals surface area contributed by atoms with Crippen LogP contribution in [0, 0.1) is 0 Å². The van der Waals surface area contributed by atoms with Gasteiger partial charge in [-0.3, -0.25) is 9.36 Å². The second-order valence-corrected chi connectivity index (χ2v) is 8.83. The third-order valence-electron chi connectivity index (χ3n) is 5.36. The van der Waals surface area contributed by atoms with Crippen LogP contribution < -0.4 is 5.32 Å². The highest BCUT2D eigenvalue weighted by Gasteiger charge is 2.20. The molecule has 0 saturated carbocycles. The Kier molecular flexibility index (Phi) is 4.54. The van der Waals surface area contributed by atoms with Crippen molar-refractivity contribution < 1.29 is 0 Å². The van der Waals surface area contributed by atoms with Gasteiger partial charge in [-0.2, -0.15) is 25.2 Å². The molecule has 0 bridgehead atoms. The molecule has 5 aromatic rings. The van der Waals surface area contributed by atoms with Crippen LogP contribution >= 0.6 is 0 Å². The maximum atomic E-state index is 4.77. The summed E-state index contributed by atoms with van der Waals surface area (Å²) in [6, 6.07) is 14.0. The first kappa shape index (κ1) is 19.9. The summed E-state index contributed by atoms with van der Waals surface area (Å²) in [6.45, 7) is 6.35. The lowest BCUT2D eigenvalue weighted by molar-refractivity contribution is 0.559. The summed E-state index contributed by atoms with van der Waals surface area (Å²) in [5, 5.41) is 22.5. The molecule has 162 valence electrons. The third-order valence-corrected chi connectivity index (χ3v) is 5.36. The van der Waals surface area contributed by atoms with Gasteiger partial charge in [0.2, 0.25) is 0 Å². The zero-order chi connectivity index (χ0) is 22.5. The minimum absolute atomic E-state index is 0.0943. The lowest BCUT2D eigenvalue weighted by atomic mass is 9.93. The summed E-state index contributed by atoms with van der Waals surface area (Å²) in [4.78, 5) is 6.42. The molecule has 0 unspecified atom stereocenters. The molecule has 32 heavy (non-hydrogen) atoms. The number of anilines is 2. The summed E-state index contributed by atoms with van der Waals surface area (Å²) in [7, 11) is 3.78. The Balaban J connectivity index is 1.57. The molecule has 0 amide bonds. The van der Waals surface area contributed by atoms with E-state index in [1.54, 1.807) is 20.4 Å². The number of fused-ring (bicyclic) bond motifs is 1. The number of aromatic nitrogens is 8. The van der Waals surface area contributed by atoms with E-state index in [9.17, 15) is 0 Å². The molecule has 0 atom stereocenters. The number of rotatable bonds is 4. The maximum Gasteiger partial charge on any atom is 0.162 e. The molecule has 1 aromatic carbocycles. The van der Waals surface area contributed by atoms with Crippen molar-refractivity contribution in [3.8, 4) is 16.9 Å². The van der Waals surface area contributed by atoms with E-state index in [2.05, 4.69) is 41.4 Å². The van der Waals surface area contributed by atoms with Gasteiger partial charge in [-0.25, -0.2) is 4.98 Å². The van der Waals surface area contributed by atoms with Gasteiger partial charge in [-0.1, -0.05) is 51.1 Å². The first-order valence-electron chi connectivity index (χ1n) is 10.4. The van der Waals surface area contributed by atoms with Gasteiger partial charge in [0.1, 0.15) is 17.3 Å². The van der Waals surface area contributed by atoms with Crippen molar-refractivity contribution >= 4 is 22.7 Å². The van der Waals surface area contributed by atoms with Crippen LogP contribution in [0.15, 0.2) is 54.9 Å². The highest BCUT2D eigenvalue weighted by atomic mass is 15.5. The average molecular weight is 428 g/mol. The summed E-state index contributed by atoms with van der Waals surface area (Å²) in [5.74, 6) is 1.49. The first-order chi connectivity index (χ1) is 15.3. The van der Waals surface area contributed by atoms with E-state index in [0.29, 0.717) is 5.82 Å². The standard InChI is InChI=1S/C23H25N9/c1-23(2,3)19-14-25-32(29-19)18-12-20(27-22-16(18)13-24-31(22)5)26-21-11-17(28-30(21)4)15-9-7-6-8-10-15/h6-14H,1-5H3,(H,26,27). The summed E-state index contributed by atoms with van der Waals surface area (Å²) >= 11 is 0. The molecule has 5 rings (SSSR count). The van der Waals surface area contributed by atoms with E-state index >= 15 is 0 Å². The predicted molar refractivity (Wildman–Crippen MR) is 124 cm³/mol. The van der Waals surface area contributed by atoms with Gasteiger partial charge >= 0.3 is 0 Å². The quantitative estimate of drug-likeness (QED) is 0.466. The van der Waals surface area contributed by atoms with Crippen molar-refractivity contribution in [1.82, 2.24) is 39.5 Å². The Morgan fingerprint density at radius 3 is 2.38 bits per heavy atom. The van der Waals surface area contributed by atoms with E-state index in [1.165, 1.54) is 0 Å². The zero-order valence-corrected chi connectivity index (χ0v) is 18.8. The summed E-state index contributed by atoms with van der Waals surface area (Å²) in [6.07, 6.45) is 3.60. The smallest absolute Gasteiger partial charge is 0.162 e. The van der Waals surface area contributed by atoms with Crippen LogP contribution in [-0.2, 0) is 19.5 Å². The van der Waals surface area contributed by atoms with E-state index in [-0.39, 0.29) is 5.41 Å². The van der Waals surface area contributed by atoms with E-state index in [0.717, 1.165) is 39.5 Å². The first-order valence-corrected chi connectivity index (χ1v) is 10.4. The molecule has 4 heterocycles. The van der Waals surface area contributed by atoms with Crippen LogP contribution in [0.25, 0.3) is 28.0 Å². The number of nitrogens with one attached hydrogen (secondary N) is 1. The van der Waals surface area contributed by atoms with Crippen molar-refractivity contribution in [3.05, 3.63) is 60.6 Å². The van der Waals surface area contributed by atoms with Gasteiger partial charge in [-0.15, -0.1) is 0 Å². The fourth-order valence-electron chi connectivity index (χ4n) is 3.52. The second kappa shape index (κ2) is 7.30. The molecular formula is C23H25N9. The van der Waals surface area contributed by atoms with Gasteiger partial charge in [0.15, 0.2) is 5.65 Å². The van der Waals surface area contributed by atoms with Crippen LogP contribution in [0.5, 0.6) is 0 Å². The van der Waals surface area contributed by atoms with Gasteiger partial charge in [0.05, 0.1) is 29.2 Å². The van der Waals surface area contributed by atoms with Crippen LogP contribution in [0.4, 0.5) is 11.6 Å². The molecule has 0 aliphatic carbocycles. The number of nitrogens with zero attached hydrogens (tertiary/aromatic N) is 8. The van der Waals surface area contributed by atoms with Crippen LogP contribution in [0.3, 0.4) is 0 Å². The minimum Gasteiger partial charge on any atom is -0.325 e. The Bertz CT molecular complexity index is 1400. The van der Waals surface area contributed by atoms with E-state index in [4.69, 9.17) is 10.1 Å². The molecule has 9 heteroatoms. The second-order valence-electron chi connectivity index (χ2n) is 8.83. The lowest BCUT2D eigenvalue weighted by Crippen LogP contribution is -2.13. The Labute approximate surface area is 185 Å². The number of aryl methyl sites for hydroxylation is 2. The summed E-state index contributed by atoms with van der Waals surface area (Å²) in [5.41, 5.74) is 4.32. The average Bonchev–Trinajstić information content (AvgIpc) is 3.48. The Hall–Kier alpha value is -4.01. The van der Waals surface area contributed by atoms with Crippen molar-refractivity contribution in [3.63, 3.8) is 0 Å². The fraction of sp³-hybridized carbons (Fsp3) is 0.261. The van der Waals surface area contributed by atoms with Gasteiger partial charge in [0, 0.05) is 37.2 Å². The van der Waals surface area contributed by atoms with E-state index in [1.807, 2.05) is 62.8 Å². The molecule has 4 aromatic heterocycles. The van der Waals surface area contributed by atoms with Gasteiger partial charge in [-0.05, 0) is 0 Å². The number of hydrogen-bond acceptors (Lipinski definition) is 6. The molecule has 0 saturated heterocycles. The summed E-state index contributed by atoms with van der Waals surface area (Å²) < 4.78 is 3.55.